The van der Waals surface area contributed by atoms with Crippen LogP contribution in [0.25, 0.3) is 0 Å². The molecule has 0 saturated heterocycles. The molecule has 0 radical (unpaired) electrons. The van der Waals surface area contributed by atoms with E-state index < -0.39 is 5.60 Å². The van der Waals surface area contributed by atoms with Crippen molar-refractivity contribution in [3.05, 3.63) is 11.6 Å². The van der Waals surface area contributed by atoms with Crippen LogP contribution in [0.15, 0.2) is 11.6 Å². The summed E-state index contributed by atoms with van der Waals surface area (Å²) in [7, 11) is 0. The fourth-order valence-electron chi connectivity index (χ4n) is 7.44. The topological polar surface area (TPSA) is 37.3 Å². The zero-order chi connectivity index (χ0) is 16.5. The van der Waals surface area contributed by atoms with Crippen LogP contribution in [0.1, 0.15) is 78.6 Å². The number of allylic oxidation sites excluding steroid dienone is 1. The highest BCUT2D eigenvalue weighted by Gasteiger charge is 2.63. The van der Waals surface area contributed by atoms with Gasteiger partial charge in [0.1, 0.15) is 0 Å². The molecule has 4 rings (SSSR count). The summed E-state index contributed by atoms with van der Waals surface area (Å²) < 4.78 is 0. The van der Waals surface area contributed by atoms with Gasteiger partial charge in [0.25, 0.3) is 0 Å². The first-order valence-corrected chi connectivity index (χ1v) is 9.80. The number of carbonyl (C=O) groups is 1. The van der Waals surface area contributed by atoms with E-state index in [4.69, 9.17) is 0 Å². The SMILES string of the molecule is CC[C@]12CC[C@@H]3[C@H](CCC4=CC(=O)CC[C@@]43C)[C@@H]1CC[C@@]2(C)O. The molecular weight excluding hydrogens is 284 g/mol. The predicted molar refractivity (Wildman–Crippen MR) is 92.0 cm³/mol. The van der Waals surface area contributed by atoms with Gasteiger partial charge in [0, 0.05) is 11.8 Å². The van der Waals surface area contributed by atoms with E-state index >= 15 is 0 Å². The summed E-state index contributed by atoms with van der Waals surface area (Å²) in [5, 5.41) is 11.1. The van der Waals surface area contributed by atoms with E-state index in [0.29, 0.717) is 11.7 Å². The first-order chi connectivity index (χ1) is 10.8. The van der Waals surface area contributed by atoms with E-state index in [0.717, 1.165) is 43.9 Å². The lowest BCUT2D eigenvalue weighted by Gasteiger charge is -2.59. The van der Waals surface area contributed by atoms with Gasteiger partial charge in [-0.2, -0.15) is 0 Å². The summed E-state index contributed by atoms with van der Waals surface area (Å²) in [5.74, 6) is 2.53. The van der Waals surface area contributed by atoms with Crippen molar-refractivity contribution < 1.29 is 9.90 Å². The van der Waals surface area contributed by atoms with Gasteiger partial charge in [-0.05, 0) is 87.5 Å². The highest BCUT2D eigenvalue weighted by molar-refractivity contribution is 5.91. The molecule has 1 N–H and O–H groups in total. The van der Waals surface area contributed by atoms with E-state index in [1.165, 1.54) is 31.3 Å². The largest absolute Gasteiger partial charge is 0.390 e. The van der Waals surface area contributed by atoms with Crippen molar-refractivity contribution in [1.29, 1.82) is 0 Å². The Morgan fingerprint density at radius 3 is 2.57 bits per heavy atom. The van der Waals surface area contributed by atoms with Gasteiger partial charge in [0.15, 0.2) is 5.78 Å². The van der Waals surface area contributed by atoms with Crippen LogP contribution in [-0.2, 0) is 4.79 Å². The van der Waals surface area contributed by atoms with Crippen molar-refractivity contribution in [2.24, 2.45) is 28.6 Å². The second-order valence-corrected chi connectivity index (χ2v) is 9.33. The molecule has 0 unspecified atom stereocenters. The third-order valence-corrected chi connectivity index (χ3v) is 8.82. The second kappa shape index (κ2) is 4.94. The third-order valence-electron chi connectivity index (χ3n) is 8.82. The van der Waals surface area contributed by atoms with Gasteiger partial charge in [-0.1, -0.05) is 19.4 Å². The van der Waals surface area contributed by atoms with Crippen LogP contribution in [0.2, 0.25) is 0 Å². The molecule has 0 heterocycles. The summed E-state index contributed by atoms with van der Waals surface area (Å²) >= 11 is 0. The molecule has 0 amide bonds. The Labute approximate surface area is 140 Å². The minimum absolute atomic E-state index is 0.149. The molecule has 4 aliphatic carbocycles. The highest BCUT2D eigenvalue weighted by atomic mass is 16.3. The van der Waals surface area contributed by atoms with E-state index in [-0.39, 0.29) is 10.8 Å². The summed E-state index contributed by atoms with van der Waals surface area (Å²) in [6.45, 7) is 6.84. The first kappa shape index (κ1) is 15.9. The molecule has 3 fully saturated rings. The Balaban J connectivity index is 1.71. The van der Waals surface area contributed by atoms with E-state index in [9.17, 15) is 9.90 Å². The minimum Gasteiger partial charge on any atom is -0.390 e. The van der Waals surface area contributed by atoms with Gasteiger partial charge in [0.05, 0.1) is 5.60 Å². The van der Waals surface area contributed by atoms with Crippen LogP contribution in [0, 0.1) is 28.6 Å². The number of fused-ring (bicyclic) bond motifs is 5. The number of hydrogen-bond donors (Lipinski definition) is 1. The number of ketones is 1. The monoisotopic (exact) mass is 316 g/mol. The normalized spacial score (nSPS) is 52.4. The quantitative estimate of drug-likeness (QED) is 0.764. The summed E-state index contributed by atoms with van der Waals surface area (Å²) in [6, 6.07) is 0. The van der Waals surface area contributed by atoms with Gasteiger partial charge >= 0.3 is 0 Å². The minimum atomic E-state index is -0.475. The van der Waals surface area contributed by atoms with E-state index in [1.54, 1.807) is 0 Å². The lowest BCUT2D eigenvalue weighted by molar-refractivity contribution is -0.132. The number of rotatable bonds is 1. The Hall–Kier alpha value is -0.630. The fraction of sp³-hybridized carbons (Fsp3) is 0.857. The van der Waals surface area contributed by atoms with Gasteiger partial charge in [-0.25, -0.2) is 0 Å². The van der Waals surface area contributed by atoms with E-state index in [2.05, 4.69) is 20.8 Å². The van der Waals surface area contributed by atoms with Crippen molar-refractivity contribution in [3.8, 4) is 0 Å². The Morgan fingerprint density at radius 2 is 1.83 bits per heavy atom. The molecule has 23 heavy (non-hydrogen) atoms. The average Bonchev–Trinajstić information content (AvgIpc) is 2.80. The van der Waals surface area contributed by atoms with Crippen molar-refractivity contribution in [2.75, 3.05) is 0 Å². The molecule has 0 aromatic heterocycles. The molecule has 4 aliphatic rings. The van der Waals surface area contributed by atoms with Gasteiger partial charge in [-0.3, -0.25) is 4.79 Å². The molecule has 0 spiro atoms. The summed E-state index contributed by atoms with van der Waals surface area (Å²) in [5.41, 5.74) is 1.38. The smallest absolute Gasteiger partial charge is 0.155 e. The second-order valence-electron chi connectivity index (χ2n) is 9.33. The molecule has 128 valence electrons. The van der Waals surface area contributed by atoms with Gasteiger partial charge in [0.2, 0.25) is 0 Å². The van der Waals surface area contributed by atoms with Gasteiger partial charge in [-0.15, -0.1) is 0 Å². The molecule has 2 heteroatoms. The number of aliphatic hydroxyl groups is 1. The lowest BCUT2D eigenvalue weighted by atomic mass is 9.46. The van der Waals surface area contributed by atoms with Crippen LogP contribution >= 0.6 is 0 Å². The molecule has 0 bridgehead atoms. The molecule has 3 saturated carbocycles. The van der Waals surface area contributed by atoms with Crippen LogP contribution in [0.5, 0.6) is 0 Å². The third kappa shape index (κ3) is 1.94. The van der Waals surface area contributed by atoms with Crippen molar-refractivity contribution in [1.82, 2.24) is 0 Å². The maximum absolute atomic E-state index is 11.9. The van der Waals surface area contributed by atoms with Crippen molar-refractivity contribution in [2.45, 2.75) is 84.2 Å². The van der Waals surface area contributed by atoms with E-state index in [1.807, 2.05) is 6.08 Å². The summed E-state index contributed by atoms with van der Waals surface area (Å²) in [4.78, 5) is 11.9. The molecule has 6 atom stereocenters. The molecule has 0 aliphatic heterocycles. The van der Waals surface area contributed by atoms with Crippen LogP contribution in [0.3, 0.4) is 0 Å². The highest BCUT2D eigenvalue weighted by Crippen LogP contribution is 2.68. The molecular formula is C21H32O2. The lowest BCUT2D eigenvalue weighted by Crippen LogP contribution is -2.55. The van der Waals surface area contributed by atoms with Crippen molar-refractivity contribution in [3.63, 3.8) is 0 Å². The van der Waals surface area contributed by atoms with Gasteiger partial charge < -0.3 is 5.11 Å². The van der Waals surface area contributed by atoms with Crippen LogP contribution in [-0.4, -0.2) is 16.5 Å². The predicted octanol–water partition coefficient (Wildman–Crippen LogP) is 4.66. The zero-order valence-electron chi connectivity index (χ0n) is 15.0. The standard InChI is InChI=1S/C21H32O2/c1-4-21-12-9-17-16(18(21)8-11-20(21,3)23)6-5-14-13-15(22)7-10-19(14,17)2/h13,16-18,23H,4-12H2,1-3H3/t16-,17+,18-,19-,20+,21-/m0/s1. The maximum atomic E-state index is 11.9. The zero-order valence-corrected chi connectivity index (χ0v) is 15.0. The summed E-state index contributed by atoms with van der Waals surface area (Å²) in [6.07, 6.45) is 11.9. The molecule has 0 aromatic rings. The maximum Gasteiger partial charge on any atom is 0.155 e. The van der Waals surface area contributed by atoms with Crippen molar-refractivity contribution >= 4 is 5.78 Å². The number of hydrogen-bond acceptors (Lipinski definition) is 2. The molecule has 0 aromatic carbocycles. The first-order valence-electron chi connectivity index (χ1n) is 9.80. The Morgan fingerprint density at radius 1 is 1.09 bits per heavy atom. The molecule has 2 nitrogen and oxygen atoms in total. The van der Waals surface area contributed by atoms with Crippen LogP contribution < -0.4 is 0 Å². The van der Waals surface area contributed by atoms with Crippen LogP contribution in [0.4, 0.5) is 0 Å². The number of carbonyl (C=O) groups excluding carboxylic acids is 1. The average molecular weight is 316 g/mol. The Bertz CT molecular complexity index is 560. The fourth-order valence-corrected chi connectivity index (χ4v) is 7.44. The Kier molecular flexibility index (Phi) is 3.41.